The Kier molecular flexibility index (Phi) is 4.94. The molecule has 1 N–H and O–H groups in total. The van der Waals surface area contributed by atoms with Crippen molar-refractivity contribution in [3.63, 3.8) is 0 Å². The van der Waals surface area contributed by atoms with E-state index in [9.17, 15) is 18.0 Å². The molecular formula is C24H21N3O4S. The van der Waals surface area contributed by atoms with Gasteiger partial charge in [0, 0.05) is 12.1 Å². The van der Waals surface area contributed by atoms with Gasteiger partial charge in [0.25, 0.3) is 15.9 Å². The molecule has 2 aliphatic rings. The van der Waals surface area contributed by atoms with E-state index in [2.05, 4.69) is 5.32 Å². The molecule has 0 unspecified atom stereocenters. The first-order chi connectivity index (χ1) is 15.4. The first-order valence-electron chi connectivity index (χ1n) is 10.4. The summed E-state index contributed by atoms with van der Waals surface area (Å²) in [6.45, 7) is 0.320. The van der Waals surface area contributed by atoms with Crippen molar-refractivity contribution in [1.29, 1.82) is 0 Å². The molecule has 0 spiro atoms. The first kappa shape index (κ1) is 20.3. The zero-order chi connectivity index (χ0) is 22.3. The molecule has 0 radical (unpaired) electrons. The van der Waals surface area contributed by atoms with Gasteiger partial charge in [-0.05, 0) is 60.9 Å². The number of carbonyl (C=O) groups excluding carboxylic acids is 2. The van der Waals surface area contributed by atoms with Gasteiger partial charge in [0.2, 0.25) is 5.91 Å². The minimum absolute atomic E-state index is 0.0968. The van der Waals surface area contributed by atoms with Gasteiger partial charge in [-0.25, -0.2) is 8.42 Å². The predicted octanol–water partition coefficient (Wildman–Crippen LogP) is 3.43. The van der Waals surface area contributed by atoms with Crippen LogP contribution in [0.15, 0.2) is 77.7 Å². The summed E-state index contributed by atoms with van der Waals surface area (Å²) in [6, 6.07) is 20.5. The summed E-state index contributed by atoms with van der Waals surface area (Å²) in [5, 5.41) is 2.75. The SMILES string of the molecule is O=C1CN(C(=O)c2ccc(S(=O)(=O)N3CCCc4ccccc43)cc2)c2ccccc2N1. The minimum Gasteiger partial charge on any atom is -0.323 e. The van der Waals surface area contributed by atoms with Crippen LogP contribution in [0.25, 0.3) is 0 Å². The van der Waals surface area contributed by atoms with Crippen molar-refractivity contribution in [3.05, 3.63) is 83.9 Å². The maximum absolute atomic E-state index is 13.3. The molecule has 8 heteroatoms. The second kappa shape index (κ2) is 7.80. The van der Waals surface area contributed by atoms with Gasteiger partial charge in [-0.3, -0.25) is 18.8 Å². The lowest BCUT2D eigenvalue weighted by Crippen LogP contribution is -2.42. The van der Waals surface area contributed by atoms with Crippen LogP contribution in [0.3, 0.4) is 0 Å². The molecule has 0 saturated heterocycles. The summed E-state index contributed by atoms with van der Waals surface area (Å²) >= 11 is 0. The van der Waals surface area contributed by atoms with Crippen LogP contribution in [0.4, 0.5) is 17.1 Å². The third kappa shape index (κ3) is 3.42. The van der Waals surface area contributed by atoms with Gasteiger partial charge in [-0.2, -0.15) is 0 Å². The van der Waals surface area contributed by atoms with Crippen LogP contribution in [0.1, 0.15) is 22.3 Å². The number of anilines is 3. The maximum atomic E-state index is 13.3. The molecule has 2 amide bonds. The van der Waals surface area contributed by atoms with Gasteiger partial charge < -0.3 is 5.32 Å². The fraction of sp³-hybridized carbons (Fsp3) is 0.167. The van der Waals surface area contributed by atoms with E-state index in [4.69, 9.17) is 0 Å². The number of benzene rings is 3. The molecule has 3 aromatic rings. The van der Waals surface area contributed by atoms with Crippen LogP contribution in [0.2, 0.25) is 0 Å². The molecule has 2 aliphatic heterocycles. The molecule has 0 fully saturated rings. The Hall–Kier alpha value is -3.65. The highest BCUT2D eigenvalue weighted by atomic mass is 32.2. The van der Waals surface area contributed by atoms with Crippen LogP contribution in [0, 0.1) is 0 Å². The fourth-order valence-corrected chi connectivity index (χ4v) is 5.76. The highest BCUT2D eigenvalue weighted by molar-refractivity contribution is 7.92. The Labute approximate surface area is 186 Å². The molecule has 32 heavy (non-hydrogen) atoms. The van der Waals surface area contributed by atoms with Gasteiger partial charge in [-0.15, -0.1) is 0 Å². The third-order valence-corrected chi connectivity index (χ3v) is 7.60. The molecule has 5 rings (SSSR count). The zero-order valence-electron chi connectivity index (χ0n) is 17.2. The van der Waals surface area contributed by atoms with Gasteiger partial charge in [0.05, 0.1) is 22.0 Å². The lowest BCUT2D eigenvalue weighted by molar-refractivity contribution is -0.115. The number of hydrogen-bond donors (Lipinski definition) is 1. The number of amides is 2. The molecule has 0 atom stereocenters. The topological polar surface area (TPSA) is 86.8 Å². The number of aryl methyl sites for hydroxylation is 1. The Morgan fingerprint density at radius 3 is 2.34 bits per heavy atom. The lowest BCUT2D eigenvalue weighted by atomic mass is 10.0. The molecule has 0 bridgehead atoms. The lowest BCUT2D eigenvalue weighted by Gasteiger charge is -2.30. The van der Waals surface area contributed by atoms with Crippen LogP contribution >= 0.6 is 0 Å². The normalized spacial score (nSPS) is 15.6. The number of hydrogen-bond acceptors (Lipinski definition) is 4. The van der Waals surface area contributed by atoms with E-state index in [1.165, 1.54) is 33.5 Å². The standard InChI is InChI=1S/C24H21N3O4S/c28-23-16-26(22-10-4-2-8-20(22)25-23)24(29)18-11-13-19(14-12-18)32(30,31)27-15-5-7-17-6-1-3-9-21(17)27/h1-4,6,8-14H,5,7,15-16H2,(H,25,28). The monoisotopic (exact) mass is 447 g/mol. The van der Waals surface area contributed by atoms with Crippen molar-refractivity contribution in [2.24, 2.45) is 0 Å². The molecule has 3 aromatic carbocycles. The number of fused-ring (bicyclic) bond motifs is 2. The number of carbonyl (C=O) groups is 2. The molecule has 2 heterocycles. The van der Waals surface area contributed by atoms with Gasteiger partial charge in [0.15, 0.2) is 0 Å². The zero-order valence-corrected chi connectivity index (χ0v) is 18.0. The number of para-hydroxylation sites is 3. The Morgan fingerprint density at radius 2 is 1.56 bits per heavy atom. The van der Waals surface area contributed by atoms with Gasteiger partial charge >= 0.3 is 0 Å². The van der Waals surface area contributed by atoms with E-state index in [-0.39, 0.29) is 23.3 Å². The van der Waals surface area contributed by atoms with Crippen molar-refractivity contribution in [2.45, 2.75) is 17.7 Å². The quantitative estimate of drug-likeness (QED) is 0.667. The minimum atomic E-state index is -3.76. The third-order valence-electron chi connectivity index (χ3n) is 5.77. The number of rotatable bonds is 3. The Morgan fingerprint density at radius 1 is 0.875 bits per heavy atom. The largest absolute Gasteiger partial charge is 0.323 e. The van der Waals surface area contributed by atoms with E-state index >= 15 is 0 Å². The summed E-state index contributed by atoms with van der Waals surface area (Å²) in [5.74, 6) is -0.639. The van der Waals surface area contributed by atoms with Crippen LogP contribution < -0.4 is 14.5 Å². The average molecular weight is 448 g/mol. The van der Waals surface area contributed by atoms with Crippen LogP contribution in [0.5, 0.6) is 0 Å². The summed E-state index contributed by atoms with van der Waals surface area (Å²) in [7, 11) is -3.76. The summed E-state index contributed by atoms with van der Waals surface area (Å²) in [4.78, 5) is 26.7. The van der Waals surface area contributed by atoms with E-state index in [0.29, 0.717) is 29.2 Å². The van der Waals surface area contributed by atoms with Gasteiger partial charge in [0.1, 0.15) is 6.54 Å². The van der Waals surface area contributed by atoms with Crippen molar-refractivity contribution in [2.75, 3.05) is 27.6 Å². The van der Waals surface area contributed by atoms with E-state index in [0.717, 1.165) is 18.4 Å². The molecular weight excluding hydrogens is 426 g/mol. The smallest absolute Gasteiger partial charge is 0.264 e. The van der Waals surface area contributed by atoms with Crippen molar-refractivity contribution in [1.82, 2.24) is 0 Å². The molecule has 162 valence electrons. The molecule has 0 saturated carbocycles. The van der Waals surface area contributed by atoms with Crippen LogP contribution in [-0.2, 0) is 21.2 Å². The number of nitrogens with one attached hydrogen (secondary N) is 1. The van der Waals surface area contributed by atoms with Gasteiger partial charge in [-0.1, -0.05) is 30.3 Å². The molecule has 0 aliphatic carbocycles. The van der Waals surface area contributed by atoms with Crippen molar-refractivity contribution >= 4 is 38.9 Å². The summed E-state index contributed by atoms with van der Waals surface area (Å²) < 4.78 is 28.1. The number of sulfonamides is 1. The van der Waals surface area contributed by atoms with E-state index in [1.54, 1.807) is 24.3 Å². The Balaban J connectivity index is 1.44. The average Bonchev–Trinajstić information content (AvgIpc) is 2.82. The van der Waals surface area contributed by atoms with Crippen molar-refractivity contribution < 1.29 is 18.0 Å². The summed E-state index contributed by atoms with van der Waals surface area (Å²) in [5.41, 5.74) is 3.21. The highest BCUT2D eigenvalue weighted by Crippen LogP contribution is 2.33. The maximum Gasteiger partial charge on any atom is 0.264 e. The molecule has 7 nitrogen and oxygen atoms in total. The highest BCUT2D eigenvalue weighted by Gasteiger charge is 2.30. The Bertz CT molecular complexity index is 1320. The molecule has 0 aromatic heterocycles. The first-order valence-corrected chi connectivity index (χ1v) is 11.8. The van der Waals surface area contributed by atoms with E-state index in [1.807, 2.05) is 24.3 Å². The van der Waals surface area contributed by atoms with Crippen molar-refractivity contribution in [3.8, 4) is 0 Å². The number of nitrogens with zero attached hydrogens (tertiary/aromatic N) is 2. The second-order valence-electron chi connectivity index (χ2n) is 7.79. The fourth-order valence-electron chi connectivity index (χ4n) is 4.22. The predicted molar refractivity (Wildman–Crippen MR) is 122 cm³/mol. The van der Waals surface area contributed by atoms with E-state index < -0.39 is 10.0 Å². The summed E-state index contributed by atoms with van der Waals surface area (Å²) in [6.07, 6.45) is 1.60. The second-order valence-corrected chi connectivity index (χ2v) is 9.65. The van der Waals surface area contributed by atoms with Crippen LogP contribution in [-0.4, -0.2) is 33.3 Å².